The second-order valence-electron chi connectivity index (χ2n) is 3.69. The van der Waals surface area contributed by atoms with Gasteiger partial charge in [0.05, 0.1) is 6.61 Å². The number of carbonyl (C=O) groups excluding carboxylic acids is 1. The van der Waals surface area contributed by atoms with E-state index in [-0.39, 0.29) is 5.91 Å². The van der Waals surface area contributed by atoms with Crippen LogP contribution in [0, 0.1) is 5.92 Å². The van der Waals surface area contributed by atoms with E-state index < -0.39 is 0 Å². The Kier molecular flexibility index (Phi) is 8.57. The third-order valence-electron chi connectivity index (χ3n) is 1.57. The molecule has 0 atom stereocenters. The van der Waals surface area contributed by atoms with Gasteiger partial charge in [0.25, 0.3) is 0 Å². The van der Waals surface area contributed by atoms with Crippen LogP contribution >= 0.6 is 0 Å². The van der Waals surface area contributed by atoms with Crippen LogP contribution in [0.15, 0.2) is 0 Å². The van der Waals surface area contributed by atoms with Crippen LogP contribution in [0.4, 0.5) is 0 Å². The molecule has 0 rings (SSSR count). The molecule has 4 heteroatoms. The Morgan fingerprint density at radius 3 is 2.64 bits per heavy atom. The Bertz CT molecular complexity index is 149. The van der Waals surface area contributed by atoms with Gasteiger partial charge >= 0.3 is 0 Å². The molecule has 0 bridgehead atoms. The van der Waals surface area contributed by atoms with E-state index in [0.717, 1.165) is 13.0 Å². The van der Waals surface area contributed by atoms with E-state index >= 15 is 0 Å². The van der Waals surface area contributed by atoms with Crippen LogP contribution in [0.1, 0.15) is 33.6 Å². The highest BCUT2D eigenvalue weighted by molar-refractivity contribution is 5.75. The molecule has 0 spiro atoms. The first kappa shape index (κ1) is 13.4. The predicted octanol–water partition coefficient (Wildman–Crippen LogP) is 1.08. The number of hydroxylamine groups is 1. The van der Waals surface area contributed by atoms with Gasteiger partial charge in [0, 0.05) is 19.5 Å². The third-order valence-corrected chi connectivity index (χ3v) is 1.57. The standard InChI is InChI=1S/C10H22N2O2/c1-4-5-12-14-7-6-11-10(13)8-9(2)3/h9,12H,4-8H2,1-3H3,(H,11,13). The summed E-state index contributed by atoms with van der Waals surface area (Å²) in [5, 5.41) is 2.79. The lowest BCUT2D eigenvalue weighted by Crippen LogP contribution is -2.30. The smallest absolute Gasteiger partial charge is 0.220 e. The highest BCUT2D eigenvalue weighted by Crippen LogP contribution is 1.97. The predicted molar refractivity (Wildman–Crippen MR) is 56.7 cm³/mol. The minimum atomic E-state index is 0.0964. The number of amides is 1. The molecule has 0 saturated carbocycles. The van der Waals surface area contributed by atoms with Gasteiger partial charge in [0.15, 0.2) is 0 Å². The van der Waals surface area contributed by atoms with Crippen LogP contribution in [0.2, 0.25) is 0 Å². The number of rotatable bonds is 8. The molecule has 1 amide bonds. The summed E-state index contributed by atoms with van der Waals surface area (Å²) in [5.74, 6) is 0.508. The first-order valence-electron chi connectivity index (χ1n) is 5.28. The number of hydrogen-bond acceptors (Lipinski definition) is 3. The Labute approximate surface area is 86.4 Å². The number of hydrogen-bond donors (Lipinski definition) is 2. The summed E-state index contributed by atoms with van der Waals surface area (Å²) >= 11 is 0. The topological polar surface area (TPSA) is 50.4 Å². The molecule has 0 aromatic carbocycles. The van der Waals surface area contributed by atoms with Crippen molar-refractivity contribution in [3.05, 3.63) is 0 Å². The van der Waals surface area contributed by atoms with Gasteiger partial charge in [-0.05, 0) is 12.3 Å². The van der Waals surface area contributed by atoms with Gasteiger partial charge in [0.2, 0.25) is 5.91 Å². The quantitative estimate of drug-likeness (QED) is 0.457. The van der Waals surface area contributed by atoms with Crippen LogP contribution in [0.5, 0.6) is 0 Å². The van der Waals surface area contributed by atoms with Crippen molar-refractivity contribution in [3.63, 3.8) is 0 Å². The van der Waals surface area contributed by atoms with E-state index in [2.05, 4.69) is 17.7 Å². The molecule has 14 heavy (non-hydrogen) atoms. The summed E-state index contributed by atoms with van der Waals surface area (Å²) in [4.78, 5) is 16.2. The zero-order valence-corrected chi connectivity index (χ0v) is 9.43. The summed E-state index contributed by atoms with van der Waals surface area (Å²) in [7, 11) is 0. The van der Waals surface area contributed by atoms with Crippen LogP contribution in [-0.2, 0) is 9.63 Å². The van der Waals surface area contributed by atoms with E-state index in [1.165, 1.54) is 0 Å². The Morgan fingerprint density at radius 2 is 2.07 bits per heavy atom. The van der Waals surface area contributed by atoms with Crippen molar-refractivity contribution < 1.29 is 9.63 Å². The highest BCUT2D eigenvalue weighted by Gasteiger charge is 2.02. The van der Waals surface area contributed by atoms with Gasteiger partial charge in [-0.15, -0.1) is 0 Å². The summed E-state index contributed by atoms with van der Waals surface area (Å²) in [6, 6.07) is 0. The van der Waals surface area contributed by atoms with Crippen molar-refractivity contribution in [2.75, 3.05) is 19.7 Å². The van der Waals surface area contributed by atoms with E-state index in [4.69, 9.17) is 4.84 Å². The number of nitrogens with one attached hydrogen (secondary N) is 2. The van der Waals surface area contributed by atoms with Crippen LogP contribution < -0.4 is 10.8 Å². The first-order chi connectivity index (χ1) is 6.66. The lowest BCUT2D eigenvalue weighted by molar-refractivity contribution is -0.122. The molecule has 0 radical (unpaired) electrons. The molecule has 0 aromatic heterocycles. The molecule has 0 heterocycles. The van der Waals surface area contributed by atoms with Crippen molar-refractivity contribution in [1.29, 1.82) is 0 Å². The van der Waals surface area contributed by atoms with Gasteiger partial charge in [-0.1, -0.05) is 20.8 Å². The maximum absolute atomic E-state index is 11.2. The highest BCUT2D eigenvalue weighted by atomic mass is 16.6. The van der Waals surface area contributed by atoms with Crippen molar-refractivity contribution >= 4 is 5.91 Å². The zero-order valence-electron chi connectivity index (χ0n) is 9.43. The molecule has 4 nitrogen and oxygen atoms in total. The molecule has 2 N–H and O–H groups in total. The zero-order chi connectivity index (χ0) is 10.8. The van der Waals surface area contributed by atoms with Gasteiger partial charge in [-0.2, -0.15) is 0 Å². The average molecular weight is 202 g/mol. The van der Waals surface area contributed by atoms with E-state index in [9.17, 15) is 4.79 Å². The summed E-state index contributed by atoms with van der Waals surface area (Å²) in [6.07, 6.45) is 1.63. The van der Waals surface area contributed by atoms with E-state index in [0.29, 0.717) is 25.5 Å². The third kappa shape index (κ3) is 9.48. The number of carbonyl (C=O) groups is 1. The van der Waals surface area contributed by atoms with Crippen LogP contribution in [0.3, 0.4) is 0 Å². The fraction of sp³-hybridized carbons (Fsp3) is 0.900. The van der Waals surface area contributed by atoms with Gasteiger partial charge in [0.1, 0.15) is 0 Å². The van der Waals surface area contributed by atoms with Crippen LogP contribution in [-0.4, -0.2) is 25.6 Å². The van der Waals surface area contributed by atoms with E-state index in [1.807, 2.05) is 13.8 Å². The molecule has 0 aliphatic heterocycles. The summed E-state index contributed by atoms with van der Waals surface area (Å²) in [5.41, 5.74) is 2.80. The molecule has 0 aliphatic rings. The molecular formula is C10H22N2O2. The molecule has 84 valence electrons. The second kappa shape index (κ2) is 8.97. The van der Waals surface area contributed by atoms with E-state index in [1.54, 1.807) is 0 Å². The largest absolute Gasteiger partial charge is 0.354 e. The maximum atomic E-state index is 11.2. The molecule has 0 saturated heterocycles. The molecule has 0 unspecified atom stereocenters. The van der Waals surface area contributed by atoms with Gasteiger partial charge < -0.3 is 5.32 Å². The first-order valence-corrected chi connectivity index (χ1v) is 5.28. The van der Waals surface area contributed by atoms with Crippen LogP contribution in [0.25, 0.3) is 0 Å². The van der Waals surface area contributed by atoms with Crippen molar-refractivity contribution in [1.82, 2.24) is 10.8 Å². The summed E-state index contributed by atoms with van der Waals surface area (Å²) < 4.78 is 0. The summed E-state index contributed by atoms with van der Waals surface area (Å²) in [6.45, 7) is 8.06. The molecular weight excluding hydrogens is 180 g/mol. The van der Waals surface area contributed by atoms with Crippen molar-refractivity contribution in [2.24, 2.45) is 5.92 Å². The molecule has 0 fully saturated rings. The maximum Gasteiger partial charge on any atom is 0.220 e. The lowest BCUT2D eigenvalue weighted by atomic mass is 10.1. The second-order valence-corrected chi connectivity index (χ2v) is 3.69. The fourth-order valence-corrected chi connectivity index (χ4v) is 0.931. The Balaban J connectivity index is 3.15. The normalized spacial score (nSPS) is 10.6. The fourth-order valence-electron chi connectivity index (χ4n) is 0.931. The molecule has 0 aliphatic carbocycles. The van der Waals surface area contributed by atoms with Gasteiger partial charge in [-0.25, -0.2) is 5.48 Å². The monoisotopic (exact) mass is 202 g/mol. The lowest BCUT2D eigenvalue weighted by Gasteiger charge is -2.07. The SMILES string of the molecule is CCCNOCCNC(=O)CC(C)C. The Hall–Kier alpha value is -0.610. The van der Waals surface area contributed by atoms with Crippen molar-refractivity contribution in [3.8, 4) is 0 Å². The Morgan fingerprint density at radius 1 is 1.36 bits per heavy atom. The van der Waals surface area contributed by atoms with Gasteiger partial charge in [-0.3, -0.25) is 9.63 Å². The minimum absolute atomic E-state index is 0.0964. The molecule has 0 aromatic rings. The van der Waals surface area contributed by atoms with Crippen molar-refractivity contribution in [2.45, 2.75) is 33.6 Å². The average Bonchev–Trinajstić information content (AvgIpc) is 2.10. The minimum Gasteiger partial charge on any atom is -0.354 e.